The smallest absolute Gasteiger partial charge is 0.275 e. The zero-order valence-corrected chi connectivity index (χ0v) is 9.51. The Balaban J connectivity index is 2.65. The van der Waals surface area contributed by atoms with Crippen LogP contribution in [0.3, 0.4) is 0 Å². The average molecular weight is 270 g/mol. The first-order chi connectivity index (χ1) is 8.43. The molecule has 0 atom stereocenters. The molecule has 0 fully saturated rings. The first kappa shape index (κ1) is 12.3. The highest BCUT2D eigenvalue weighted by atomic mass is 32.1. The molecule has 8 heteroatoms. The maximum Gasteiger partial charge on any atom is 0.417 e. The highest BCUT2D eigenvalue weighted by Crippen LogP contribution is 2.33. The largest absolute Gasteiger partial charge is 0.417 e. The van der Waals surface area contributed by atoms with Crippen LogP contribution in [-0.2, 0) is 6.18 Å². The van der Waals surface area contributed by atoms with Crippen LogP contribution >= 0.6 is 12.2 Å². The molecule has 1 N–H and O–H groups in total. The van der Waals surface area contributed by atoms with Crippen molar-refractivity contribution in [2.45, 2.75) is 6.18 Å². The van der Waals surface area contributed by atoms with Gasteiger partial charge < -0.3 is 0 Å². The van der Waals surface area contributed by atoms with E-state index in [1.807, 2.05) is 0 Å². The molecule has 0 unspecified atom stereocenters. The van der Waals surface area contributed by atoms with Crippen LogP contribution in [0.2, 0.25) is 0 Å². The Kier molecular flexibility index (Phi) is 2.92. The summed E-state index contributed by atoms with van der Waals surface area (Å²) in [4.78, 5) is 0. The summed E-state index contributed by atoms with van der Waals surface area (Å²) in [5.41, 5.74) is -1.23. The number of aromatic nitrogens is 3. The number of benzene rings is 1. The number of nitrogens with one attached hydrogen (secondary N) is 1. The molecule has 92 valence electrons. The van der Waals surface area contributed by atoms with Gasteiger partial charge in [0.25, 0.3) is 0 Å². The quantitative estimate of drug-likeness (QED) is 0.811. The number of rotatable bonds is 1. The molecule has 1 aromatic carbocycles. The SMILES string of the molecule is N#Cc1ccc(-n2cn[nH]c2=S)cc1C(F)(F)F. The number of aromatic amines is 1. The summed E-state index contributed by atoms with van der Waals surface area (Å²) in [5.74, 6) is 0. The topological polar surface area (TPSA) is 57.4 Å². The van der Waals surface area contributed by atoms with Crippen LogP contribution in [0.15, 0.2) is 24.5 Å². The Bertz CT molecular complexity index is 677. The van der Waals surface area contributed by atoms with Gasteiger partial charge in [0.05, 0.1) is 22.9 Å². The van der Waals surface area contributed by atoms with Crippen molar-refractivity contribution < 1.29 is 13.2 Å². The number of nitriles is 1. The van der Waals surface area contributed by atoms with E-state index in [0.717, 1.165) is 12.1 Å². The molecular formula is C10H5F3N4S. The lowest BCUT2D eigenvalue weighted by molar-refractivity contribution is -0.137. The fourth-order valence-corrected chi connectivity index (χ4v) is 1.65. The van der Waals surface area contributed by atoms with Crippen molar-refractivity contribution in [2.75, 3.05) is 0 Å². The molecule has 1 heterocycles. The van der Waals surface area contributed by atoms with E-state index < -0.39 is 17.3 Å². The summed E-state index contributed by atoms with van der Waals surface area (Å²) in [6.45, 7) is 0. The van der Waals surface area contributed by atoms with E-state index in [-0.39, 0.29) is 10.5 Å². The van der Waals surface area contributed by atoms with E-state index in [4.69, 9.17) is 17.5 Å². The van der Waals surface area contributed by atoms with E-state index >= 15 is 0 Å². The number of hydrogen-bond donors (Lipinski definition) is 1. The third-order valence-electron chi connectivity index (χ3n) is 2.26. The fraction of sp³-hybridized carbons (Fsp3) is 0.100. The zero-order chi connectivity index (χ0) is 13.3. The predicted molar refractivity (Wildman–Crippen MR) is 58.5 cm³/mol. The summed E-state index contributed by atoms with van der Waals surface area (Å²) in [6, 6.07) is 4.85. The molecule has 0 saturated carbocycles. The number of alkyl halides is 3. The molecule has 4 nitrogen and oxygen atoms in total. The van der Waals surface area contributed by atoms with Gasteiger partial charge >= 0.3 is 6.18 Å². The summed E-state index contributed by atoms with van der Waals surface area (Å²) < 4.78 is 39.7. The first-order valence-electron chi connectivity index (χ1n) is 4.67. The van der Waals surface area contributed by atoms with Crippen LogP contribution in [0.4, 0.5) is 13.2 Å². The molecule has 0 amide bonds. The van der Waals surface area contributed by atoms with Crippen LogP contribution in [-0.4, -0.2) is 14.8 Å². The Hall–Kier alpha value is -2.14. The van der Waals surface area contributed by atoms with Gasteiger partial charge in [-0.2, -0.15) is 23.5 Å². The molecule has 0 saturated heterocycles. The predicted octanol–water partition coefficient (Wildman–Crippen LogP) is 2.82. The van der Waals surface area contributed by atoms with Gasteiger partial charge in [0.2, 0.25) is 0 Å². The standard InChI is InChI=1S/C10H5F3N4S/c11-10(12,13)8-3-7(2-1-6(8)4-14)17-5-15-16-9(17)18/h1-3,5H,(H,16,18). The second kappa shape index (κ2) is 4.27. The molecule has 2 rings (SSSR count). The summed E-state index contributed by atoms with van der Waals surface area (Å²) in [6.07, 6.45) is -3.32. The first-order valence-corrected chi connectivity index (χ1v) is 5.08. The summed E-state index contributed by atoms with van der Waals surface area (Å²) in [7, 11) is 0. The van der Waals surface area contributed by atoms with Gasteiger partial charge in [0, 0.05) is 0 Å². The van der Waals surface area contributed by atoms with Gasteiger partial charge in [-0.25, -0.2) is 0 Å². The van der Waals surface area contributed by atoms with Crippen molar-refractivity contribution in [3.05, 3.63) is 40.4 Å². The number of hydrogen-bond acceptors (Lipinski definition) is 3. The minimum atomic E-state index is -4.59. The number of halogens is 3. The molecule has 0 aliphatic heterocycles. The van der Waals surface area contributed by atoms with Crippen LogP contribution < -0.4 is 0 Å². The molecule has 0 spiro atoms. The van der Waals surface area contributed by atoms with Crippen LogP contribution in [0.1, 0.15) is 11.1 Å². The molecular weight excluding hydrogens is 265 g/mol. The third-order valence-corrected chi connectivity index (χ3v) is 2.55. The van der Waals surface area contributed by atoms with Crippen LogP contribution in [0, 0.1) is 16.1 Å². The molecule has 18 heavy (non-hydrogen) atoms. The highest BCUT2D eigenvalue weighted by molar-refractivity contribution is 7.71. The molecule has 0 radical (unpaired) electrons. The molecule has 2 aromatic rings. The Morgan fingerprint density at radius 3 is 2.61 bits per heavy atom. The van der Waals surface area contributed by atoms with Crippen LogP contribution in [0.25, 0.3) is 5.69 Å². The summed E-state index contributed by atoms with van der Waals surface area (Å²) in [5, 5.41) is 14.7. The van der Waals surface area contributed by atoms with Crippen molar-refractivity contribution in [2.24, 2.45) is 0 Å². The molecule has 1 aromatic heterocycles. The molecule has 0 bridgehead atoms. The van der Waals surface area contributed by atoms with Gasteiger partial charge in [-0.1, -0.05) is 0 Å². The lowest BCUT2D eigenvalue weighted by Crippen LogP contribution is -2.09. The Labute approximate surface area is 104 Å². The average Bonchev–Trinajstić information content (AvgIpc) is 2.73. The normalized spacial score (nSPS) is 11.2. The van der Waals surface area contributed by atoms with Gasteiger partial charge in [-0.05, 0) is 30.4 Å². The lowest BCUT2D eigenvalue weighted by Gasteiger charge is -2.10. The van der Waals surface area contributed by atoms with Gasteiger partial charge in [-0.15, -0.1) is 0 Å². The second-order valence-corrected chi connectivity index (χ2v) is 3.76. The Morgan fingerprint density at radius 1 is 1.39 bits per heavy atom. The van der Waals surface area contributed by atoms with E-state index in [1.165, 1.54) is 23.0 Å². The van der Waals surface area contributed by atoms with E-state index in [2.05, 4.69) is 10.2 Å². The van der Waals surface area contributed by atoms with Crippen LogP contribution in [0.5, 0.6) is 0 Å². The number of nitrogens with zero attached hydrogens (tertiary/aromatic N) is 3. The maximum absolute atomic E-state index is 12.7. The molecule has 0 aliphatic rings. The van der Waals surface area contributed by atoms with Crippen molar-refractivity contribution in [3.63, 3.8) is 0 Å². The van der Waals surface area contributed by atoms with Crippen molar-refractivity contribution in [1.29, 1.82) is 5.26 Å². The Morgan fingerprint density at radius 2 is 2.11 bits per heavy atom. The monoisotopic (exact) mass is 270 g/mol. The fourth-order valence-electron chi connectivity index (χ4n) is 1.45. The maximum atomic E-state index is 12.7. The minimum absolute atomic E-state index is 0.174. The van der Waals surface area contributed by atoms with Crippen molar-refractivity contribution in [1.82, 2.24) is 14.8 Å². The summed E-state index contributed by atoms with van der Waals surface area (Å²) >= 11 is 4.86. The van der Waals surface area contributed by atoms with E-state index in [0.29, 0.717) is 0 Å². The second-order valence-electron chi connectivity index (χ2n) is 3.37. The van der Waals surface area contributed by atoms with E-state index in [9.17, 15) is 13.2 Å². The highest BCUT2D eigenvalue weighted by Gasteiger charge is 2.34. The zero-order valence-electron chi connectivity index (χ0n) is 8.69. The van der Waals surface area contributed by atoms with Gasteiger partial charge in [-0.3, -0.25) is 9.67 Å². The lowest BCUT2D eigenvalue weighted by atomic mass is 10.1. The molecule has 0 aliphatic carbocycles. The van der Waals surface area contributed by atoms with Gasteiger partial charge in [0.15, 0.2) is 4.77 Å². The third kappa shape index (κ3) is 2.12. The minimum Gasteiger partial charge on any atom is -0.275 e. The van der Waals surface area contributed by atoms with Gasteiger partial charge in [0.1, 0.15) is 6.33 Å². The number of H-pyrrole nitrogens is 1. The van der Waals surface area contributed by atoms with Crippen molar-refractivity contribution in [3.8, 4) is 11.8 Å². The van der Waals surface area contributed by atoms with E-state index in [1.54, 1.807) is 0 Å². The van der Waals surface area contributed by atoms with Crippen molar-refractivity contribution >= 4 is 12.2 Å².